The van der Waals surface area contributed by atoms with Crippen LogP contribution in [0.4, 0.5) is 5.13 Å². The molecule has 1 saturated heterocycles. The number of aromatic nitrogens is 1. The van der Waals surface area contributed by atoms with Crippen molar-refractivity contribution in [2.24, 2.45) is 0 Å². The summed E-state index contributed by atoms with van der Waals surface area (Å²) in [6.07, 6.45) is 4.28. The van der Waals surface area contributed by atoms with Crippen LogP contribution in [0.15, 0.2) is 0 Å². The lowest BCUT2D eigenvalue weighted by Gasteiger charge is -2.27. The third-order valence-corrected chi connectivity index (χ3v) is 4.58. The summed E-state index contributed by atoms with van der Waals surface area (Å²) in [4.78, 5) is 17.9. The molecule has 16 heavy (non-hydrogen) atoms. The van der Waals surface area contributed by atoms with Crippen molar-refractivity contribution in [1.82, 2.24) is 4.98 Å². The highest BCUT2D eigenvalue weighted by Gasteiger charge is 2.31. The Bertz CT molecular complexity index is 393. The Hall–Kier alpha value is -0.610. The number of halogens is 1. The maximum Gasteiger partial charge on any atom is 0.187 e. The van der Waals surface area contributed by atoms with Gasteiger partial charge < -0.3 is 4.90 Å². The number of hydrogen-bond acceptors (Lipinski definition) is 4. The lowest BCUT2D eigenvalue weighted by Crippen LogP contribution is -2.33. The summed E-state index contributed by atoms with van der Waals surface area (Å²) in [5.74, 6) is 0. The quantitative estimate of drug-likeness (QED) is 0.780. The Kier molecular flexibility index (Phi) is 3.50. The molecule has 1 aromatic rings. The molecular formula is C11H15ClN2OS. The van der Waals surface area contributed by atoms with Gasteiger partial charge in [0, 0.05) is 12.1 Å². The van der Waals surface area contributed by atoms with Gasteiger partial charge in [0.05, 0.1) is 0 Å². The number of thiazole rings is 1. The summed E-state index contributed by atoms with van der Waals surface area (Å²) in [5.41, 5.74) is 0. The highest BCUT2D eigenvalue weighted by Crippen LogP contribution is 2.36. The standard InChI is InChI=1S/C11H15ClN2OS/c1-3-8-5-4-7(2)14(8)11-13-10(12)9(6-15)16-11/h6-8H,3-5H2,1-2H3. The number of nitrogens with zero attached hydrogens (tertiary/aromatic N) is 2. The molecule has 0 N–H and O–H groups in total. The molecule has 0 aromatic carbocycles. The molecule has 5 heteroatoms. The van der Waals surface area contributed by atoms with Gasteiger partial charge in [0.25, 0.3) is 0 Å². The number of carbonyl (C=O) groups excluding carboxylic acids is 1. The molecule has 2 heterocycles. The summed E-state index contributed by atoms with van der Waals surface area (Å²) in [6, 6.07) is 1.03. The van der Waals surface area contributed by atoms with E-state index >= 15 is 0 Å². The topological polar surface area (TPSA) is 33.2 Å². The Balaban J connectivity index is 2.30. The minimum absolute atomic E-state index is 0.337. The fourth-order valence-corrected chi connectivity index (χ4v) is 3.54. The zero-order chi connectivity index (χ0) is 11.7. The Morgan fingerprint density at radius 1 is 1.62 bits per heavy atom. The average Bonchev–Trinajstić information content (AvgIpc) is 2.81. The summed E-state index contributed by atoms with van der Waals surface area (Å²) >= 11 is 7.30. The van der Waals surface area contributed by atoms with E-state index in [2.05, 4.69) is 23.7 Å². The molecule has 1 aromatic heterocycles. The van der Waals surface area contributed by atoms with Crippen molar-refractivity contribution in [1.29, 1.82) is 0 Å². The Morgan fingerprint density at radius 3 is 2.94 bits per heavy atom. The van der Waals surface area contributed by atoms with Gasteiger partial charge in [-0.3, -0.25) is 4.79 Å². The first kappa shape index (κ1) is 11.9. The summed E-state index contributed by atoms with van der Waals surface area (Å²) < 4.78 is 0. The normalized spacial score (nSPS) is 25.1. The van der Waals surface area contributed by atoms with E-state index in [9.17, 15) is 4.79 Å². The van der Waals surface area contributed by atoms with Crippen LogP contribution in [0, 0.1) is 0 Å². The molecule has 0 bridgehead atoms. The van der Waals surface area contributed by atoms with E-state index in [1.54, 1.807) is 0 Å². The molecule has 2 atom stereocenters. The van der Waals surface area contributed by atoms with Crippen LogP contribution in [0.3, 0.4) is 0 Å². The smallest absolute Gasteiger partial charge is 0.187 e. The molecule has 0 spiro atoms. The Labute approximate surface area is 104 Å². The van der Waals surface area contributed by atoms with Crippen LogP contribution in [0.2, 0.25) is 5.15 Å². The molecule has 1 aliphatic rings. The van der Waals surface area contributed by atoms with Crippen LogP contribution in [-0.4, -0.2) is 23.4 Å². The van der Waals surface area contributed by atoms with Crippen LogP contribution >= 0.6 is 22.9 Å². The lowest BCUT2D eigenvalue weighted by molar-refractivity contribution is 0.112. The van der Waals surface area contributed by atoms with E-state index in [0.717, 1.165) is 17.8 Å². The average molecular weight is 259 g/mol. The van der Waals surface area contributed by atoms with Crippen molar-refractivity contribution < 1.29 is 4.79 Å². The second-order valence-electron chi connectivity index (χ2n) is 4.17. The molecule has 0 radical (unpaired) electrons. The van der Waals surface area contributed by atoms with Crippen LogP contribution < -0.4 is 4.90 Å². The number of aldehydes is 1. The van der Waals surface area contributed by atoms with E-state index in [1.807, 2.05) is 0 Å². The molecule has 0 amide bonds. The largest absolute Gasteiger partial charge is 0.342 e. The minimum Gasteiger partial charge on any atom is -0.342 e. The summed E-state index contributed by atoms with van der Waals surface area (Å²) in [5, 5.41) is 1.23. The van der Waals surface area contributed by atoms with Crippen molar-refractivity contribution in [3.8, 4) is 0 Å². The second-order valence-corrected chi connectivity index (χ2v) is 5.53. The number of rotatable bonds is 3. The molecule has 1 fully saturated rings. The summed E-state index contributed by atoms with van der Waals surface area (Å²) in [7, 11) is 0. The molecule has 3 nitrogen and oxygen atoms in total. The third kappa shape index (κ3) is 1.96. The van der Waals surface area contributed by atoms with Crippen molar-refractivity contribution in [3.63, 3.8) is 0 Å². The van der Waals surface area contributed by atoms with Gasteiger partial charge in [-0.25, -0.2) is 4.98 Å². The van der Waals surface area contributed by atoms with Crippen LogP contribution in [0.5, 0.6) is 0 Å². The van der Waals surface area contributed by atoms with Gasteiger partial charge in [0.2, 0.25) is 0 Å². The first-order valence-corrected chi connectivity index (χ1v) is 6.76. The summed E-state index contributed by atoms with van der Waals surface area (Å²) in [6.45, 7) is 4.39. The van der Waals surface area contributed by atoms with Gasteiger partial charge >= 0.3 is 0 Å². The third-order valence-electron chi connectivity index (χ3n) is 3.18. The van der Waals surface area contributed by atoms with E-state index in [1.165, 1.54) is 24.2 Å². The molecule has 0 saturated carbocycles. The predicted molar refractivity (Wildman–Crippen MR) is 67.8 cm³/mol. The maximum atomic E-state index is 10.8. The number of hydrogen-bond donors (Lipinski definition) is 0. The maximum absolute atomic E-state index is 10.8. The van der Waals surface area contributed by atoms with E-state index in [4.69, 9.17) is 11.6 Å². The highest BCUT2D eigenvalue weighted by molar-refractivity contribution is 7.17. The monoisotopic (exact) mass is 258 g/mol. The van der Waals surface area contributed by atoms with Gasteiger partial charge in [-0.1, -0.05) is 29.9 Å². The molecule has 88 valence electrons. The first-order valence-electron chi connectivity index (χ1n) is 5.57. The van der Waals surface area contributed by atoms with Gasteiger partial charge in [0.15, 0.2) is 16.6 Å². The lowest BCUT2D eigenvalue weighted by atomic mass is 10.2. The fourth-order valence-electron chi connectivity index (χ4n) is 2.30. The van der Waals surface area contributed by atoms with Crippen LogP contribution in [-0.2, 0) is 0 Å². The van der Waals surface area contributed by atoms with Gasteiger partial charge in [-0.2, -0.15) is 0 Å². The number of anilines is 1. The molecular weight excluding hydrogens is 244 g/mol. The van der Waals surface area contributed by atoms with Gasteiger partial charge in [-0.15, -0.1) is 0 Å². The van der Waals surface area contributed by atoms with Gasteiger partial charge in [0.1, 0.15) is 4.88 Å². The molecule has 2 unspecified atom stereocenters. The second kappa shape index (κ2) is 4.72. The highest BCUT2D eigenvalue weighted by atomic mass is 35.5. The van der Waals surface area contributed by atoms with E-state index < -0.39 is 0 Å². The zero-order valence-electron chi connectivity index (χ0n) is 9.44. The van der Waals surface area contributed by atoms with E-state index in [-0.39, 0.29) is 0 Å². The van der Waals surface area contributed by atoms with Crippen molar-refractivity contribution in [2.75, 3.05) is 4.90 Å². The molecule has 0 aliphatic carbocycles. The molecule has 2 rings (SSSR count). The zero-order valence-corrected chi connectivity index (χ0v) is 11.0. The minimum atomic E-state index is 0.337. The van der Waals surface area contributed by atoms with Crippen LogP contribution in [0.25, 0.3) is 0 Å². The van der Waals surface area contributed by atoms with E-state index in [0.29, 0.717) is 22.1 Å². The van der Waals surface area contributed by atoms with Crippen molar-refractivity contribution in [3.05, 3.63) is 10.0 Å². The SMILES string of the molecule is CCC1CCC(C)N1c1nc(Cl)c(C=O)s1. The van der Waals surface area contributed by atoms with Gasteiger partial charge in [-0.05, 0) is 26.2 Å². The van der Waals surface area contributed by atoms with Crippen molar-refractivity contribution in [2.45, 2.75) is 45.2 Å². The predicted octanol–water partition coefficient (Wildman–Crippen LogP) is 3.38. The van der Waals surface area contributed by atoms with Crippen molar-refractivity contribution >= 4 is 34.4 Å². The van der Waals surface area contributed by atoms with Crippen LogP contribution in [0.1, 0.15) is 42.8 Å². The number of carbonyl (C=O) groups is 1. The first-order chi connectivity index (χ1) is 7.67. The fraction of sp³-hybridized carbons (Fsp3) is 0.636. The Morgan fingerprint density at radius 2 is 2.38 bits per heavy atom. The molecule has 1 aliphatic heterocycles.